The van der Waals surface area contributed by atoms with Crippen molar-refractivity contribution in [2.75, 3.05) is 6.54 Å². The number of hydrogen-bond donors (Lipinski definition) is 1. The average molecular weight is 304 g/mol. The Hall–Kier alpha value is -1.51. The Kier molecular flexibility index (Phi) is 5.66. The van der Waals surface area contributed by atoms with Gasteiger partial charge in [-0.3, -0.25) is 0 Å². The molecule has 0 saturated heterocycles. The lowest BCUT2D eigenvalue weighted by Crippen LogP contribution is -2.19. The van der Waals surface area contributed by atoms with Crippen LogP contribution in [0, 0.1) is 6.92 Å². The molecule has 2 rings (SSSR count). The molecule has 0 aromatic heterocycles. The highest BCUT2D eigenvalue weighted by Gasteiger charge is 2.12. The molecule has 0 saturated carbocycles. The largest absolute Gasteiger partial charge is 0.455 e. The minimum Gasteiger partial charge on any atom is -0.455 e. The van der Waals surface area contributed by atoms with Crippen LogP contribution in [0.5, 0.6) is 11.5 Å². The zero-order chi connectivity index (χ0) is 15.2. The summed E-state index contributed by atoms with van der Waals surface area (Å²) in [6, 6.07) is 14.1. The summed E-state index contributed by atoms with van der Waals surface area (Å²) >= 11 is 6.22. The summed E-state index contributed by atoms with van der Waals surface area (Å²) in [4.78, 5) is 0. The molecule has 2 aromatic carbocycles. The van der Waals surface area contributed by atoms with Crippen molar-refractivity contribution in [2.24, 2.45) is 0 Å². The Morgan fingerprint density at radius 2 is 1.90 bits per heavy atom. The van der Waals surface area contributed by atoms with Gasteiger partial charge in [0.25, 0.3) is 0 Å². The molecule has 0 bridgehead atoms. The van der Waals surface area contributed by atoms with Crippen LogP contribution >= 0.6 is 11.6 Å². The molecule has 0 aliphatic carbocycles. The van der Waals surface area contributed by atoms with Crippen molar-refractivity contribution in [1.82, 2.24) is 5.32 Å². The molecule has 0 heterocycles. The predicted octanol–water partition coefficient (Wildman–Crippen LogP) is 5.50. The van der Waals surface area contributed by atoms with E-state index in [1.54, 1.807) is 0 Å². The van der Waals surface area contributed by atoms with Crippen LogP contribution in [0.25, 0.3) is 0 Å². The zero-order valence-corrected chi connectivity index (χ0v) is 13.6. The van der Waals surface area contributed by atoms with Crippen LogP contribution in [0.3, 0.4) is 0 Å². The highest BCUT2D eigenvalue weighted by molar-refractivity contribution is 6.32. The van der Waals surface area contributed by atoms with Crippen molar-refractivity contribution in [2.45, 2.75) is 33.2 Å². The highest BCUT2D eigenvalue weighted by atomic mass is 35.5. The minimum atomic E-state index is 0.240. The van der Waals surface area contributed by atoms with Crippen molar-refractivity contribution in [3.8, 4) is 11.5 Å². The maximum absolute atomic E-state index is 6.22. The molecule has 0 radical (unpaired) electrons. The molecule has 0 aliphatic heterocycles. The van der Waals surface area contributed by atoms with Gasteiger partial charge in [-0.05, 0) is 50.6 Å². The van der Waals surface area contributed by atoms with E-state index in [2.05, 4.69) is 25.2 Å². The van der Waals surface area contributed by atoms with Crippen molar-refractivity contribution in [1.29, 1.82) is 0 Å². The molecular formula is C18H22ClNO. The third kappa shape index (κ3) is 4.23. The van der Waals surface area contributed by atoms with Crippen LogP contribution in [0.4, 0.5) is 0 Å². The number of halogens is 1. The molecule has 1 unspecified atom stereocenters. The number of rotatable bonds is 6. The first-order chi connectivity index (χ1) is 10.1. The average Bonchev–Trinajstić information content (AvgIpc) is 2.49. The van der Waals surface area contributed by atoms with Gasteiger partial charge in [0.2, 0.25) is 0 Å². The quantitative estimate of drug-likeness (QED) is 0.760. The molecule has 112 valence electrons. The molecular weight excluding hydrogens is 282 g/mol. The second-order valence-electron chi connectivity index (χ2n) is 5.25. The van der Waals surface area contributed by atoms with E-state index >= 15 is 0 Å². The number of para-hydroxylation sites is 1. The lowest BCUT2D eigenvalue weighted by molar-refractivity contribution is 0.461. The summed E-state index contributed by atoms with van der Waals surface area (Å²) in [6.07, 6.45) is 1.11. The van der Waals surface area contributed by atoms with Gasteiger partial charge >= 0.3 is 0 Å². The fourth-order valence-corrected chi connectivity index (χ4v) is 2.37. The highest BCUT2D eigenvalue weighted by Crippen LogP contribution is 2.34. The van der Waals surface area contributed by atoms with E-state index in [-0.39, 0.29) is 6.04 Å². The second-order valence-corrected chi connectivity index (χ2v) is 5.66. The minimum absolute atomic E-state index is 0.240. The van der Waals surface area contributed by atoms with Gasteiger partial charge in [-0.1, -0.05) is 42.8 Å². The van der Waals surface area contributed by atoms with E-state index in [0.29, 0.717) is 10.8 Å². The number of nitrogens with one attached hydrogen (secondary N) is 1. The smallest absolute Gasteiger partial charge is 0.146 e. The summed E-state index contributed by atoms with van der Waals surface area (Å²) in [5, 5.41) is 4.12. The van der Waals surface area contributed by atoms with Gasteiger partial charge in [0.05, 0.1) is 5.02 Å². The van der Waals surface area contributed by atoms with Gasteiger partial charge in [-0.15, -0.1) is 0 Å². The van der Waals surface area contributed by atoms with Crippen molar-refractivity contribution in [3.63, 3.8) is 0 Å². The van der Waals surface area contributed by atoms with Crippen LogP contribution in [0.2, 0.25) is 5.02 Å². The maximum Gasteiger partial charge on any atom is 0.146 e. The fraction of sp³-hybridized carbons (Fsp3) is 0.333. The van der Waals surface area contributed by atoms with Gasteiger partial charge in [0, 0.05) is 11.6 Å². The summed E-state index contributed by atoms with van der Waals surface area (Å²) in [7, 11) is 0. The molecule has 21 heavy (non-hydrogen) atoms. The van der Waals surface area contributed by atoms with Crippen LogP contribution in [-0.2, 0) is 0 Å². The number of hydrogen-bond acceptors (Lipinski definition) is 2. The summed E-state index contributed by atoms with van der Waals surface area (Å²) in [5.74, 6) is 1.55. The van der Waals surface area contributed by atoms with E-state index in [4.69, 9.17) is 16.3 Å². The Bertz CT molecular complexity index is 598. The Balaban J connectivity index is 2.25. The van der Waals surface area contributed by atoms with Crippen LogP contribution in [0.1, 0.15) is 37.4 Å². The van der Waals surface area contributed by atoms with Gasteiger partial charge in [0.15, 0.2) is 0 Å². The second kappa shape index (κ2) is 7.48. The maximum atomic E-state index is 6.22. The Morgan fingerprint density at radius 3 is 2.67 bits per heavy atom. The van der Waals surface area contributed by atoms with E-state index < -0.39 is 0 Å². The van der Waals surface area contributed by atoms with Crippen molar-refractivity contribution in [3.05, 3.63) is 58.6 Å². The lowest BCUT2D eigenvalue weighted by atomic mass is 10.1. The van der Waals surface area contributed by atoms with Gasteiger partial charge in [-0.2, -0.15) is 0 Å². The lowest BCUT2D eigenvalue weighted by Gasteiger charge is -2.18. The summed E-state index contributed by atoms with van der Waals surface area (Å²) < 4.78 is 6.05. The molecule has 0 fully saturated rings. The normalized spacial score (nSPS) is 12.2. The van der Waals surface area contributed by atoms with Gasteiger partial charge < -0.3 is 10.1 Å². The van der Waals surface area contributed by atoms with Gasteiger partial charge in [-0.25, -0.2) is 0 Å². The molecule has 0 spiro atoms. The molecule has 0 aliphatic rings. The van der Waals surface area contributed by atoms with E-state index in [0.717, 1.165) is 29.8 Å². The van der Waals surface area contributed by atoms with Crippen LogP contribution in [0.15, 0.2) is 42.5 Å². The standard InChI is InChI=1S/C18H22ClNO/c1-4-11-20-14(3)15-7-5-6-8-17(15)21-18-12-13(2)9-10-16(18)19/h5-10,12,14,20H,4,11H2,1-3H3. The van der Waals surface area contributed by atoms with Crippen LogP contribution < -0.4 is 10.1 Å². The summed E-state index contributed by atoms with van der Waals surface area (Å²) in [5.41, 5.74) is 2.27. The molecule has 2 nitrogen and oxygen atoms in total. The van der Waals surface area contributed by atoms with Crippen molar-refractivity contribution >= 4 is 11.6 Å². The molecule has 1 atom stereocenters. The Morgan fingerprint density at radius 1 is 1.14 bits per heavy atom. The first-order valence-corrected chi connectivity index (χ1v) is 7.76. The van der Waals surface area contributed by atoms with Crippen LogP contribution in [-0.4, -0.2) is 6.54 Å². The number of benzene rings is 2. The predicted molar refractivity (Wildman–Crippen MR) is 89.4 cm³/mol. The van der Waals surface area contributed by atoms with E-state index in [9.17, 15) is 0 Å². The van der Waals surface area contributed by atoms with Crippen molar-refractivity contribution < 1.29 is 4.74 Å². The topological polar surface area (TPSA) is 21.3 Å². The third-order valence-electron chi connectivity index (χ3n) is 3.39. The third-order valence-corrected chi connectivity index (χ3v) is 3.70. The zero-order valence-electron chi connectivity index (χ0n) is 12.8. The monoisotopic (exact) mass is 303 g/mol. The summed E-state index contributed by atoms with van der Waals surface area (Å²) in [6.45, 7) is 7.32. The Labute approximate surface area is 132 Å². The molecule has 0 amide bonds. The van der Waals surface area contributed by atoms with Gasteiger partial charge in [0.1, 0.15) is 11.5 Å². The fourth-order valence-electron chi connectivity index (χ4n) is 2.21. The SMILES string of the molecule is CCCNC(C)c1ccccc1Oc1cc(C)ccc1Cl. The number of ether oxygens (including phenoxy) is 1. The molecule has 2 aromatic rings. The first-order valence-electron chi connectivity index (χ1n) is 7.38. The molecule has 3 heteroatoms. The van der Waals surface area contributed by atoms with E-state index in [1.807, 2.05) is 43.3 Å². The molecule has 1 N–H and O–H groups in total. The number of aryl methyl sites for hydroxylation is 1. The van der Waals surface area contributed by atoms with E-state index in [1.165, 1.54) is 0 Å². The first kappa shape index (κ1) is 15.9.